The Labute approximate surface area is 250 Å². The second kappa shape index (κ2) is 26.7. The molecule has 0 spiro atoms. The number of amides is 2. The van der Waals surface area contributed by atoms with Crippen LogP contribution in [-0.4, -0.2) is 54.8 Å². The minimum atomic E-state index is -0.738. The molecule has 0 saturated heterocycles. The van der Waals surface area contributed by atoms with E-state index < -0.39 is 12.0 Å². The minimum absolute atomic E-state index is 0.185. The van der Waals surface area contributed by atoms with Crippen molar-refractivity contribution in [1.82, 2.24) is 20.6 Å². The molecule has 0 aliphatic heterocycles. The normalized spacial score (nSPS) is 12.0. The number of hydrogen-bond donors (Lipinski definition) is 5. The summed E-state index contributed by atoms with van der Waals surface area (Å²) in [6.07, 6.45) is 4.72. The molecule has 39 heavy (non-hydrogen) atoms. The smallest absolute Gasteiger partial charge is 0.331 e. The van der Waals surface area contributed by atoms with Crippen molar-refractivity contribution in [2.24, 2.45) is 5.73 Å². The average Bonchev–Trinajstić information content (AvgIpc) is 2.91. The summed E-state index contributed by atoms with van der Waals surface area (Å²) in [5.41, 5.74) is 5.07. The predicted octanol–water partition coefficient (Wildman–Crippen LogP) is 2.90. The third-order valence-corrected chi connectivity index (χ3v) is 9.09. The number of carbonyl (C=O) groups excluding carboxylic acids is 3. The van der Waals surface area contributed by atoms with Crippen LogP contribution in [0.15, 0.2) is 24.3 Å². The van der Waals surface area contributed by atoms with Crippen LogP contribution in [0.3, 0.4) is 0 Å². The molecule has 7 atom stereocenters. The molecule has 0 heterocycles. The van der Waals surface area contributed by atoms with Crippen LogP contribution >= 0.6 is 57.5 Å². The molecule has 2 amide bonds. The summed E-state index contributed by atoms with van der Waals surface area (Å²) in [7, 11) is 12.0. The first-order valence-corrected chi connectivity index (χ1v) is 16.8. The van der Waals surface area contributed by atoms with Gasteiger partial charge in [-0.05, 0) is 57.9 Å². The Morgan fingerprint density at radius 1 is 1.10 bits per heavy atom. The van der Waals surface area contributed by atoms with Gasteiger partial charge in [0.2, 0.25) is 12.3 Å². The van der Waals surface area contributed by atoms with Crippen molar-refractivity contribution in [3.05, 3.63) is 29.8 Å². The molecular formula is C23H48N5O5P5S. The molecule has 226 valence electrons. The van der Waals surface area contributed by atoms with Gasteiger partial charge < -0.3 is 25.4 Å². The summed E-state index contributed by atoms with van der Waals surface area (Å²) in [6.45, 7) is 8.53. The fourth-order valence-corrected chi connectivity index (χ4v) is 4.01. The van der Waals surface area contributed by atoms with Crippen LogP contribution in [0.4, 0.5) is 0 Å². The van der Waals surface area contributed by atoms with Crippen LogP contribution < -0.4 is 31.0 Å². The van der Waals surface area contributed by atoms with E-state index in [9.17, 15) is 9.59 Å². The van der Waals surface area contributed by atoms with Gasteiger partial charge in [-0.1, -0.05) is 55.2 Å². The molecule has 0 bridgehead atoms. The predicted molar refractivity (Wildman–Crippen MR) is 181 cm³/mol. The summed E-state index contributed by atoms with van der Waals surface area (Å²) in [5.74, 6) is 0.0733. The van der Waals surface area contributed by atoms with Crippen LogP contribution in [0.5, 0.6) is 5.75 Å². The van der Waals surface area contributed by atoms with Crippen LogP contribution in [0.1, 0.15) is 52.0 Å². The molecule has 0 aromatic heterocycles. The van der Waals surface area contributed by atoms with Crippen molar-refractivity contribution in [2.75, 3.05) is 19.7 Å². The van der Waals surface area contributed by atoms with Gasteiger partial charge in [-0.15, -0.1) is 11.4 Å². The van der Waals surface area contributed by atoms with Gasteiger partial charge in [0.1, 0.15) is 18.4 Å². The van der Waals surface area contributed by atoms with Crippen LogP contribution in [0.25, 0.3) is 0 Å². The molecule has 0 fully saturated rings. The van der Waals surface area contributed by atoms with Gasteiger partial charge in [-0.3, -0.25) is 19.8 Å². The molecule has 0 aliphatic carbocycles. The van der Waals surface area contributed by atoms with Gasteiger partial charge in [-0.25, -0.2) is 4.79 Å². The molecule has 1 aromatic rings. The lowest BCUT2D eigenvalue weighted by atomic mass is 10.0. The van der Waals surface area contributed by atoms with E-state index in [0.717, 1.165) is 24.4 Å². The Hall–Kier alpha value is -0.190. The molecule has 0 radical (unpaired) electrons. The Kier molecular flexibility index (Phi) is 28.0. The molecule has 6 N–H and O–H groups in total. The fraction of sp³-hybridized carbons (Fsp3) is 0.609. The largest absolute Gasteiger partial charge is 0.492 e. The number of nitrogens with one attached hydrogen (secondary N) is 4. The van der Waals surface area contributed by atoms with Crippen molar-refractivity contribution in [3.8, 4) is 5.75 Å². The number of rotatable bonds is 17. The Bertz CT molecular complexity index is 784. The zero-order valence-electron chi connectivity index (χ0n) is 23.1. The van der Waals surface area contributed by atoms with Gasteiger partial charge in [0, 0.05) is 30.2 Å². The first-order valence-electron chi connectivity index (χ1n) is 12.3. The monoisotopic (exact) mass is 661 g/mol. The number of unbranched alkanes of at least 4 members (excludes halogenated alkanes) is 1. The average molecular weight is 662 g/mol. The van der Waals surface area contributed by atoms with Crippen molar-refractivity contribution < 1.29 is 23.6 Å². The van der Waals surface area contributed by atoms with Crippen LogP contribution in [0, 0.1) is 0 Å². The lowest BCUT2D eigenvalue weighted by molar-refractivity contribution is -0.138. The summed E-state index contributed by atoms with van der Waals surface area (Å²) in [5, 5.41) is 11.9. The Morgan fingerprint density at radius 3 is 2.18 bits per heavy atom. The SMILES string of the molecule is CC(C)(CC(=O)NC(Cc1ccc(OCCNP)cc1)C(=O)OP)SP.CC(CCCCNP)NP.NC=O. The van der Waals surface area contributed by atoms with E-state index in [1.54, 1.807) is 0 Å². The second-order valence-corrected chi connectivity index (χ2v) is 12.3. The number of ether oxygens (including phenoxy) is 1. The van der Waals surface area contributed by atoms with E-state index in [1.807, 2.05) is 47.6 Å². The molecule has 7 unspecified atom stereocenters. The van der Waals surface area contributed by atoms with E-state index in [2.05, 4.69) is 69.8 Å². The van der Waals surface area contributed by atoms with Crippen LogP contribution in [0.2, 0.25) is 0 Å². The van der Waals surface area contributed by atoms with Gasteiger partial charge in [0.15, 0.2) is 0 Å². The molecule has 10 nitrogen and oxygen atoms in total. The topological polar surface area (TPSA) is 144 Å². The molecule has 0 saturated carbocycles. The lowest BCUT2D eigenvalue weighted by Crippen LogP contribution is -2.44. The lowest BCUT2D eigenvalue weighted by Gasteiger charge is -2.23. The van der Waals surface area contributed by atoms with Crippen molar-refractivity contribution in [2.45, 2.75) is 69.7 Å². The van der Waals surface area contributed by atoms with Gasteiger partial charge >= 0.3 is 5.97 Å². The van der Waals surface area contributed by atoms with Crippen molar-refractivity contribution in [1.29, 1.82) is 0 Å². The Balaban J connectivity index is 0. The number of hydrogen-bond acceptors (Lipinski definition) is 9. The highest BCUT2D eigenvalue weighted by atomic mass is 32.7. The fourth-order valence-electron chi connectivity index (χ4n) is 2.90. The third kappa shape index (κ3) is 24.1. The van der Waals surface area contributed by atoms with E-state index in [4.69, 9.17) is 14.1 Å². The zero-order valence-corrected chi connectivity index (χ0v) is 29.7. The quantitative estimate of drug-likeness (QED) is 0.0968. The third-order valence-electron chi connectivity index (χ3n) is 5.01. The van der Waals surface area contributed by atoms with Crippen molar-refractivity contribution >= 4 is 75.7 Å². The maximum atomic E-state index is 12.3. The number of carbonyl (C=O) groups is 3. The molecule has 1 rings (SSSR count). The standard InChI is InChI=1S/C16H27N2O4P3S.C6H18N2P2.CH3NO/c1-16(2,26-25)10-14(19)18-13(15(20)22-24)9-11-3-5-12(6-4-11)21-8-7-17-23;1-6(8-10)4-2-3-5-7-9;2-1-3/h3-6,13,17H,7-10,23-25H2,1-2H3,(H,18,19);6-8H,2-5,9-10H2,1H3;1H,(H2,2,3). The summed E-state index contributed by atoms with van der Waals surface area (Å²) < 4.78 is 10.1. The Morgan fingerprint density at radius 2 is 1.69 bits per heavy atom. The van der Waals surface area contributed by atoms with Gasteiger partial charge in [0.05, 0.1) is 9.47 Å². The van der Waals surface area contributed by atoms with E-state index in [-0.39, 0.29) is 17.1 Å². The maximum absolute atomic E-state index is 12.3. The first kappa shape index (κ1) is 40.9. The van der Waals surface area contributed by atoms with E-state index >= 15 is 0 Å². The molecule has 0 aliphatic rings. The highest BCUT2D eigenvalue weighted by Gasteiger charge is 2.26. The summed E-state index contributed by atoms with van der Waals surface area (Å²) >= 11 is 1.53. The summed E-state index contributed by atoms with van der Waals surface area (Å²) in [6, 6.07) is 7.34. The summed E-state index contributed by atoms with van der Waals surface area (Å²) in [4.78, 5) is 32.9. The number of benzene rings is 1. The number of nitrogens with two attached hydrogens (primary N) is 1. The van der Waals surface area contributed by atoms with Gasteiger partial charge in [0.25, 0.3) is 0 Å². The van der Waals surface area contributed by atoms with E-state index in [0.29, 0.717) is 25.5 Å². The molecular weight excluding hydrogens is 613 g/mol. The highest BCUT2D eigenvalue weighted by Crippen LogP contribution is 2.33. The van der Waals surface area contributed by atoms with Crippen molar-refractivity contribution in [3.63, 3.8) is 0 Å². The van der Waals surface area contributed by atoms with E-state index in [1.165, 1.54) is 30.6 Å². The molecule has 16 heteroatoms. The van der Waals surface area contributed by atoms with Gasteiger partial charge in [-0.2, -0.15) is 0 Å². The second-order valence-electron chi connectivity index (χ2n) is 8.92. The maximum Gasteiger partial charge on any atom is 0.331 e. The minimum Gasteiger partial charge on any atom is -0.492 e. The first-order chi connectivity index (χ1) is 18.5. The molecule has 1 aromatic carbocycles. The highest BCUT2D eigenvalue weighted by molar-refractivity contribution is 8.44. The van der Waals surface area contributed by atoms with Crippen LogP contribution in [-0.2, 0) is 25.3 Å². The zero-order chi connectivity index (χ0) is 30.1. The number of primary amides is 1.